The molecule has 0 atom stereocenters. The summed E-state index contributed by atoms with van der Waals surface area (Å²) in [4.78, 5) is 19.6. The van der Waals surface area contributed by atoms with Crippen molar-refractivity contribution in [1.29, 1.82) is 0 Å². The minimum atomic E-state index is -0.168. The van der Waals surface area contributed by atoms with E-state index in [-0.39, 0.29) is 6.03 Å². The third kappa shape index (κ3) is 7.22. The van der Waals surface area contributed by atoms with E-state index in [1.54, 1.807) is 0 Å². The number of carbonyl (C=O) groups is 1. The number of unbranched alkanes of at least 4 members (excludes halogenated alkanes) is 1. The van der Waals surface area contributed by atoms with Crippen molar-refractivity contribution in [3.8, 4) is 0 Å². The van der Waals surface area contributed by atoms with Gasteiger partial charge in [-0.1, -0.05) is 67.0 Å². The van der Waals surface area contributed by atoms with Crippen LogP contribution in [0.15, 0.2) is 30.3 Å². The van der Waals surface area contributed by atoms with Crippen LogP contribution in [-0.2, 0) is 0 Å². The molecule has 156 valence electrons. The topological polar surface area (TPSA) is 69.8 Å². The van der Waals surface area contributed by atoms with E-state index in [0.717, 1.165) is 46.2 Å². The molecule has 3 aromatic rings. The Morgan fingerprint density at radius 3 is 2.32 bits per heavy atom. The first-order valence-electron chi connectivity index (χ1n) is 10.6. The molecular weight excluding hydrogens is 348 g/mol. The number of H-pyrrole nitrogens is 1. The molecule has 2 aromatic carbocycles. The third-order valence-electron chi connectivity index (χ3n) is 3.66. The number of urea groups is 1. The Bertz CT molecular complexity index is 824. The second-order valence-corrected chi connectivity index (χ2v) is 5.45. The lowest BCUT2D eigenvalue weighted by Crippen LogP contribution is -2.29. The summed E-state index contributed by atoms with van der Waals surface area (Å²) >= 11 is 0. The van der Waals surface area contributed by atoms with E-state index in [1.165, 1.54) is 0 Å². The number of hydrogen-bond acceptors (Lipinski definition) is 2. The quantitative estimate of drug-likeness (QED) is 0.421. The van der Waals surface area contributed by atoms with Gasteiger partial charge in [-0.25, -0.2) is 9.78 Å². The van der Waals surface area contributed by atoms with Crippen LogP contribution in [0.25, 0.3) is 21.8 Å². The van der Waals surface area contributed by atoms with E-state index in [2.05, 4.69) is 33.6 Å². The first-order chi connectivity index (χ1) is 13.7. The number of hydrogen-bond donors (Lipinski definition) is 3. The fourth-order valence-electron chi connectivity index (χ4n) is 2.55. The van der Waals surface area contributed by atoms with Crippen LogP contribution in [0.3, 0.4) is 0 Å². The fraction of sp³-hybridized carbons (Fsp3) is 0.478. The number of carbonyl (C=O) groups excluding carboxylic acids is 1. The maximum absolute atomic E-state index is 11.8. The number of anilines is 1. The number of nitrogens with zero attached hydrogens (tertiary/aromatic N) is 1. The summed E-state index contributed by atoms with van der Waals surface area (Å²) in [6.45, 7) is 16.7. The van der Waals surface area contributed by atoms with Gasteiger partial charge in [-0.05, 0) is 36.9 Å². The molecule has 0 fully saturated rings. The first kappa shape index (κ1) is 25.4. The van der Waals surface area contributed by atoms with Crippen molar-refractivity contribution in [3.05, 3.63) is 36.2 Å². The molecule has 0 bridgehead atoms. The van der Waals surface area contributed by atoms with E-state index in [0.29, 0.717) is 6.54 Å². The fourth-order valence-corrected chi connectivity index (χ4v) is 2.55. The Hall–Kier alpha value is -2.56. The molecule has 0 spiro atoms. The van der Waals surface area contributed by atoms with Crippen molar-refractivity contribution in [1.82, 2.24) is 15.3 Å². The van der Waals surface area contributed by atoms with E-state index >= 15 is 0 Å². The number of imidazole rings is 1. The number of fused-ring (bicyclic) bond motifs is 3. The minimum absolute atomic E-state index is 0.168. The summed E-state index contributed by atoms with van der Waals surface area (Å²) in [6.07, 6.45) is 2.05. The largest absolute Gasteiger partial charge is 0.342 e. The number of aromatic nitrogens is 2. The minimum Gasteiger partial charge on any atom is -0.342 e. The van der Waals surface area contributed by atoms with Crippen molar-refractivity contribution in [2.24, 2.45) is 0 Å². The van der Waals surface area contributed by atoms with E-state index in [4.69, 9.17) is 0 Å². The number of aromatic amines is 1. The maximum atomic E-state index is 11.8. The Morgan fingerprint density at radius 2 is 1.68 bits per heavy atom. The normalized spacial score (nSPS) is 9.29. The molecule has 2 amide bonds. The Morgan fingerprint density at radius 1 is 1.04 bits per heavy atom. The van der Waals surface area contributed by atoms with Crippen molar-refractivity contribution in [2.75, 3.05) is 11.9 Å². The van der Waals surface area contributed by atoms with E-state index in [1.807, 2.05) is 72.7 Å². The summed E-state index contributed by atoms with van der Waals surface area (Å²) in [5.41, 5.74) is 2.72. The monoisotopic (exact) mass is 386 g/mol. The van der Waals surface area contributed by atoms with Crippen LogP contribution in [0.1, 0.15) is 67.1 Å². The van der Waals surface area contributed by atoms with E-state index < -0.39 is 0 Å². The van der Waals surface area contributed by atoms with Crippen molar-refractivity contribution in [2.45, 2.75) is 68.2 Å². The van der Waals surface area contributed by atoms with Crippen LogP contribution in [0.5, 0.6) is 0 Å². The van der Waals surface area contributed by atoms with E-state index in [9.17, 15) is 4.79 Å². The molecule has 0 aliphatic carbocycles. The van der Waals surface area contributed by atoms with Gasteiger partial charge in [-0.3, -0.25) is 0 Å². The van der Waals surface area contributed by atoms with Gasteiger partial charge >= 0.3 is 6.03 Å². The average Bonchev–Trinajstić information content (AvgIpc) is 3.13. The second kappa shape index (κ2) is 14.5. The smallest absolute Gasteiger partial charge is 0.319 e. The van der Waals surface area contributed by atoms with Gasteiger partial charge in [0.05, 0.1) is 11.0 Å². The highest BCUT2D eigenvalue weighted by molar-refractivity contribution is 6.06. The molecule has 5 heteroatoms. The molecule has 0 unspecified atom stereocenters. The molecule has 0 aliphatic rings. The second-order valence-electron chi connectivity index (χ2n) is 5.45. The van der Waals surface area contributed by atoms with Crippen LogP contribution >= 0.6 is 0 Å². The zero-order chi connectivity index (χ0) is 21.5. The lowest BCUT2D eigenvalue weighted by molar-refractivity contribution is 0.252. The number of nitrogens with one attached hydrogen (secondary N) is 3. The van der Waals surface area contributed by atoms with Crippen molar-refractivity contribution >= 4 is 33.5 Å². The molecule has 0 saturated heterocycles. The number of benzene rings is 2. The van der Waals surface area contributed by atoms with Gasteiger partial charge in [-0.15, -0.1) is 0 Å². The average molecular weight is 387 g/mol. The van der Waals surface area contributed by atoms with Gasteiger partial charge in [0.1, 0.15) is 5.82 Å². The highest BCUT2D eigenvalue weighted by Gasteiger charge is 2.07. The highest BCUT2D eigenvalue weighted by atomic mass is 16.2. The van der Waals surface area contributed by atoms with Crippen LogP contribution in [0.2, 0.25) is 0 Å². The Balaban J connectivity index is 0.00000111. The molecule has 5 nitrogen and oxygen atoms in total. The molecule has 0 aliphatic heterocycles. The van der Waals surface area contributed by atoms with Crippen molar-refractivity contribution < 1.29 is 4.79 Å². The van der Waals surface area contributed by atoms with Crippen LogP contribution < -0.4 is 10.6 Å². The molecule has 3 N–H and O–H groups in total. The molecule has 28 heavy (non-hydrogen) atoms. The zero-order valence-corrected chi connectivity index (χ0v) is 18.9. The van der Waals surface area contributed by atoms with Crippen LogP contribution in [-0.4, -0.2) is 22.5 Å². The molecular formula is C23H38N4O. The van der Waals surface area contributed by atoms with Gasteiger partial charge in [0.25, 0.3) is 0 Å². The van der Waals surface area contributed by atoms with Crippen LogP contribution in [0, 0.1) is 6.92 Å². The molecule has 0 saturated carbocycles. The molecule has 1 aromatic heterocycles. The standard InChI is InChI=1S/C17H20N4O.3C2H6/c1-3-4-9-18-17(22)21-13-7-5-12-6-8-15-16(14(12)10-13)20-11(2)19-15;3*1-2/h5-8,10H,3-4,9H2,1-2H3,(H,19,20)(H2,18,21,22);3*1-2H3. The molecule has 1 heterocycles. The predicted octanol–water partition coefficient (Wildman–Crippen LogP) is 7.02. The predicted molar refractivity (Wildman–Crippen MR) is 124 cm³/mol. The van der Waals surface area contributed by atoms with Gasteiger partial charge < -0.3 is 15.6 Å². The number of aryl methyl sites for hydroxylation is 1. The third-order valence-corrected chi connectivity index (χ3v) is 3.66. The summed E-state index contributed by atoms with van der Waals surface area (Å²) in [7, 11) is 0. The van der Waals surface area contributed by atoms with Crippen LogP contribution in [0.4, 0.5) is 10.5 Å². The summed E-state index contributed by atoms with van der Waals surface area (Å²) in [5, 5.41) is 7.87. The maximum Gasteiger partial charge on any atom is 0.319 e. The number of rotatable bonds is 4. The first-order valence-corrected chi connectivity index (χ1v) is 10.6. The van der Waals surface area contributed by atoms with Gasteiger partial charge in [0.15, 0.2) is 0 Å². The van der Waals surface area contributed by atoms with Gasteiger partial charge in [0, 0.05) is 17.6 Å². The summed E-state index contributed by atoms with van der Waals surface area (Å²) in [5.74, 6) is 0.887. The molecule has 3 rings (SSSR count). The zero-order valence-electron chi connectivity index (χ0n) is 18.9. The SMILES string of the molecule is CC.CC.CC.CCCCNC(=O)Nc1ccc2ccc3[nH]c(C)nc3c2c1. The summed E-state index contributed by atoms with van der Waals surface area (Å²) in [6, 6.07) is 9.80. The Kier molecular flexibility index (Phi) is 13.2. The van der Waals surface area contributed by atoms with Crippen molar-refractivity contribution in [3.63, 3.8) is 0 Å². The Labute approximate surface area is 170 Å². The lowest BCUT2D eigenvalue weighted by Gasteiger charge is -2.08. The number of amides is 2. The summed E-state index contributed by atoms with van der Waals surface area (Å²) < 4.78 is 0. The van der Waals surface area contributed by atoms with Gasteiger partial charge in [-0.2, -0.15) is 0 Å². The molecule has 0 radical (unpaired) electrons. The van der Waals surface area contributed by atoms with Gasteiger partial charge in [0.2, 0.25) is 0 Å². The highest BCUT2D eigenvalue weighted by Crippen LogP contribution is 2.26. The lowest BCUT2D eigenvalue weighted by atomic mass is 10.1.